The fraction of sp³-hybridized carbons (Fsp3) is 0.400. The molecule has 1 aromatic carbocycles. The van der Waals surface area contributed by atoms with Gasteiger partial charge in [-0.2, -0.15) is 0 Å². The number of cyclic esters (lactones) is 1. The zero-order chi connectivity index (χ0) is 27.9. The quantitative estimate of drug-likeness (QED) is 0.441. The van der Waals surface area contributed by atoms with Crippen molar-refractivity contribution in [3.05, 3.63) is 41.7 Å². The van der Waals surface area contributed by atoms with E-state index in [0.717, 1.165) is 0 Å². The standard InChI is InChI=1S/C25H22FN7O7/c1-10-8-32-17-12(6-25(19(32)11(2)39-10)21(34)29-23(36)30-22(25)35)5-13-18(16(17)26)40-31-20(13)33-15(9-38-24(33)37)14-7-27-3-4-28-14/h3-5,7,10-11,15,19H,6,8-9H2,1-2H3,(H2,29,30,34,35,36)/t10-,11+,15+,19?/m1/s1. The largest absolute Gasteiger partial charge is 0.446 e. The van der Waals surface area contributed by atoms with Crippen LogP contribution in [0, 0.1) is 11.2 Å². The molecule has 3 saturated heterocycles. The van der Waals surface area contributed by atoms with Gasteiger partial charge >= 0.3 is 12.1 Å². The van der Waals surface area contributed by atoms with Gasteiger partial charge in [0, 0.05) is 25.4 Å². The van der Waals surface area contributed by atoms with Crippen LogP contribution in [0.25, 0.3) is 11.0 Å². The van der Waals surface area contributed by atoms with Crippen LogP contribution >= 0.6 is 0 Å². The number of urea groups is 1. The number of benzene rings is 1. The smallest absolute Gasteiger partial charge is 0.416 e. The number of rotatable bonds is 2. The maximum atomic E-state index is 16.4. The average molecular weight is 551 g/mol. The van der Waals surface area contributed by atoms with E-state index in [0.29, 0.717) is 11.3 Å². The number of nitrogens with one attached hydrogen (secondary N) is 2. The molecule has 1 spiro atoms. The summed E-state index contributed by atoms with van der Waals surface area (Å²) in [5, 5.41) is 8.57. The number of carbonyl (C=O) groups is 4. The van der Waals surface area contributed by atoms with E-state index in [1.165, 1.54) is 23.5 Å². The topological polar surface area (TPSA) is 169 Å². The molecule has 4 aliphatic rings. The molecule has 0 bridgehead atoms. The fourth-order valence-corrected chi connectivity index (χ4v) is 6.47. The Morgan fingerprint density at radius 2 is 1.90 bits per heavy atom. The lowest BCUT2D eigenvalue weighted by Gasteiger charge is -2.55. The van der Waals surface area contributed by atoms with E-state index in [1.54, 1.807) is 24.8 Å². The normalized spacial score (nSPS) is 27.4. The number of nitrogens with zero attached hydrogens (tertiary/aromatic N) is 5. The number of aromatic nitrogens is 3. The van der Waals surface area contributed by atoms with Crippen LogP contribution in [-0.4, -0.2) is 70.5 Å². The summed E-state index contributed by atoms with van der Waals surface area (Å²) < 4.78 is 33.0. The van der Waals surface area contributed by atoms with Gasteiger partial charge < -0.3 is 18.9 Å². The maximum absolute atomic E-state index is 16.4. The van der Waals surface area contributed by atoms with Crippen LogP contribution in [0.3, 0.4) is 0 Å². The van der Waals surface area contributed by atoms with Crippen molar-refractivity contribution < 1.29 is 37.6 Å². The molecule has 5 amide bonds. The van der Waals surface area contributed by atoms with Crippen LogP contribution in [0.4, 0.5) is 25.5 Å². The highest BCUT2D eigenvalue weighted by molar-refractivity contribution is 6.20. The van der Waals surface area contributed by atoms with Crippen LogP contribution in [0.1, 0.15) is 31.1 Å². The lowest BCUT2D eigenvalue weighted by Crippen LogP contribution is -2.75. The number of anilines is 2. The van der Waals surface area contributed by atoms with Crippen molar-refractivity contribution in [1.29, 1.82) is 0 Å². The Morgan fingerprint density at radius 1 is 1.12 bits per heavy atom. The van der Waals surface area contributed by atoms with Gasteiger partial charge in [-0.1, -0.05) is 5.16 Å². The number of halogens is 1. The lowest BCUT2D eigenvalue weighted by atomic mass is 9.66. The molecule has 6 heterocycles. The first-order chi connectivity index (χ1) is 19.2. The molecule has 4 atom stereocenters. The second-order valence-corrected chi connectivity index (χ2v) is 10.3. The first-order valence-electron chi connectivity index (χ1n) is 12.6. The number of hydrogen-bond acceptors (Lipinski definition) is 11. The van der Waals surface area contributed by atoms with Gasteiger partial charge in [0.2, 0.25) is 17.4 Å². The number of carbonyl (C=O) groups excluding carboxylic acids is 4. The fourth-order valence-electron chi connectivity index (χ4n) is 6.47. The van der Waals surface area contributed by atoms with E-state index >= 15 is 4.39 Å². The molecule has 0 radical (unpaired) electrons. The number of fused-ring (bicyclic) bond motifs is 5. The van der Waals surface area contributed by atoms with Gasteiger partial charge in [0.05, 0.1) is 41.2 Å². The Bertz CT molecular complexity index is 1590. The summed E-state index contributed by atoms with van der Waals surface area (Å²) in [7, 11) is 0. The number of imide groups is 2. The Kier molecular flexibility index (Phi) is 5.13. The number of barbiturate groups is 1. The summed E-state index contributed by atoms with van der Waals surface area (Å²) in [6.45, 7) is 3.62. The molecule has 7 rings (SSSR count). The Hall–Kier alpha value is -4.66. The van der Waals surface area contributed by atoms with Gasteiger partial charge in [-0.25, -0.2) is 18.9 Å². The Morgan fingerprint density at radius 3 is 2.62 bits per heavy atom. The Balaban J connectivity index is 1.42. The zero-order valence-electron chi connectivity index (χ0n) is 21.2. The van der Waals surface area contributed by atoms with E-state index in [1.807, 2.05) is 0 Å². The molecular weight excluding hydrogens is 529 g/mol. The van der Waals surface area contributed by atoms with Gasteiger partial charge in [0.1, 0.15) is 12.6 Å². The summed E-state index contributed by atoms with van der Waals surface area (Å²) in [6.07, 6.45) is 2.43. The molecule has 3 fully saturated rings. The molecule has 14 nitrogen and oxygen atoms in total. The number of ether oxygens (including phenoxy) is 2. The maximum Gasteiger partial charge on any atom is 0.416 e. The molecule has 2 N–H and O–H groups in total. The van der Waals surface area contributed by atoms with E-state index < -0.39 is 53.4 Å². The number of amides is 5. The highest BCUT2D eigenvalue weighted by Crippen LogP contribution is 2.50. The van der Waals surface area contributed by atoms with Gasteiger partial charge in [-0.15, -0.1) is 0 Å². The van der Waals surface area contributed by atoms with Gasteiger partial charge in [0.15, 0.2) is 17.1 Å². The van der Waals surface area contributed by atoms with Crippen LogP contribution < -0.4 is 20.4 Å². The van der Waals surface area contributed by atoms with Gasteiger partial charge in [-0.3, -0.25) is 30.2 Å². The minimum Gasteiger partial charge on any atom is -0.446 e. The van der Waals surface area contributed by atoms with E-state index in [2.05, 4.69) is 25.8 Å². The molecule has 2 aromatic heterocycles. The summed E-state index contributed by atoms with van der Waals surface area (Å²) in [5.74, 6) is -2.38. The lowest BCUT2D eigenvalue weighted by molar-refractivity contribution is -0.153. The van der Waals surface area contributed by atoms with Crippen LogP contribution in [-0.2, 0) is 25.5 Å². The van der Waals surface area contributed by atoms with Gasteiger partial charge in [0.25, 0.3) is 0 Å². The third-order valence-corrected chi connectivity index (χ3v) is 7.97. The second kappa shape index (κ2) is 8.42. The second-order valence-electron chi connectivity index (χ2n) is 10.3. The van der Waals surface area contributed by atoms with E-state index in [-0.39, 0.29) is 48.2 Å². The zero-order valence-corrected chi connectivity index (χ0v) is 21.2. The van der Waals surface area contributed by atoms with Crippen LogP contribution in [0.5, 0.6) is 0 Å². The average Bonchev–Trinajstić information content (AvgIpc) is 3.50. The summed E-state index contributed by atoms with van der Waals surface area (Å²) >= 11 is 0. The van der Waals surface area contributed by atoms with Crippen molar-refractivity contribution in [2.45, 2.75) is 44.6 Å². The molecule has 206 valence electrons. The van der Waals surface area contributed by atoms with Crippen molar-refractivity contribution in [3.8, 4) is 0 Å². The molecule has 4 aliphatic heterocycles. The molecule has 0 aliphatic carbocycles. The number of hydrogen-bond donors (Lipinski definition) is 2. The monoisotopic (exact) mass is 551 g/mol. The van der Waals surface area contributed by atoms with E-state index in [9.17, 15) is 19.2 Å². The predicted molar refractivity (Wildman–Crippen MR) is 132 cm³/mol. The molecule has 3 aromatic rings. The van der Waals surface area contributed by atoms with Crippen LogP contribution in [0.15, 0.2) is 29.2 Å². The van der Waals surface area contributed by atoms with E-state index in [4.69, 9.17) is 14.0 Å². The molecule has 1 unspecified atom stereocenters. The summed E-state index contributed by atoms with van der Waals surface area (Å²) in [5.41, 5.74) is -1.14. The first kappa shape index (κ1) is 24.4. The SMILES string of the molecule is C[C@@H]1CN2c3c(cc4c(N5C(=O)OC[C@H]5c5cnccn5)noc4c3F)CC3(C(=O)NC(=O)NC3=O)C2[C@H](C)O1. The van der Waals surface area contributed by atoms with Crippen LogP contribution in [0.2, 0.25) is 0 Å². The third-order valence-electron chi connectivity index (χ3n) is 7.97. The van der Waals surface area contributed by atoms with Crippen molar-refractivity contribution in [3.63, 3.8) is 0 Å². The predicted octanol–water partition coefficient (Wildman–Crippen LogP) is 1.35. The van der Waals surface area contributed by atoms with Crippen molar-refractivity contribution in [2.75, 3.05) is 23.0 Å². The molecule has 15 heteroatoms. The molecule has 0 saturated carbocycles. The number of morpholine rings is 1. The minimum absolute atomic E-state index is 0.0116. The minimum atomic E-state index is -1.80. The molecular formula is C25H22FN7O7. The van der Waals surface area contributed by atoms with Crippen molar-refractivity contribution >= 4 is 46.4 Å². The Labute approximate surface area is 224 Å². The highest BCUT2D eigenvalue weighted by Gasteiger charge is 2.63. The van der Waals surface area contributed by atoms with Gasteiger partial charge in [-0.05, 0) is 25.5 Å². The van der Waals surface area contributed by atoms with Crippen molar-refractivity contribution in [1.82, 2.24) is 25.8 Å². The first-order valence-corrected chi connectivity index (χ1v) is 12.6. The summed E-state index contributed by atoms with van der Waals surface area (Å²) in [6, 6.07) is -1.00. The van der Waals surface area contributed by atoms with Crippen molar-refractivity contribution in [2.24, 2.45) is 5.41 Å². The molecule has 40 heavy (non-hydrogen) atoms. The highest BCUT2D eigenvalue weighted by atomic mass is 19.1. The third kappa shape index (κ3) is 3.20. The summed E-state index contributed by atoms with van der Waals surface area (Å²) in [4.78, 5) is 62.8.